The van der Waals surface area contributed by atoms with Crippen LogP contribution in [0.5, 0.6) is 0 Å². The van der Waals surface area contributed by atoms with Gasteiger partial charge in [-0.15, -0.1) is 0 Å². The topological polar surface area (TPSA) is 134 Å². The average Bonchev–Trinajstić information content (AvgIpc) is 3.08. The number of hydrogen-bond donors (Lipinski definition) is 2. The molecule has 0 saturated heterocycles. The molecule has 0 heterocycles. The normalized spacial score (nSPS) is 14.0. The van der Waals surface area contributed by atoms with E-state index in [-0.39, 0.29) is 32.6 Å². The third kappa shape index (κ3) is 35.6. The predicted molar refractivity (Wildman–Crippen MR) is 201 cm³/mol. The largest absolute Gasteiger partial charge is 0.472 e. The van der Waals surface area contributed by atoms with Crippen LogP contribution >= 0.6 is 7.82 Å². The maximum atomic E-state index is 12.5. The second-order valence-electron chi connectivity index (χ2n) is 12.4. The summed E-state index contributed by atoms with van der Waals surface area (Å²) in [6, 6.07) is 0. The molecule has 10 heteroatoms. The zero-order chi connectivity index (χ0) is 36.1. The maximum absolute atomic E-state index is 12.5. The summed E-state index contributed by atoms with van der Waals surface area (Å²) in [5, 5.41) is 0. The monoisotopic (exact) mass is 711 g/mol. The highest BCUT2D eigenvalue weighted by atomic mass is 31.2. The summed E-state index contributed by atoms with van der Waals surface area (Å²) in [7, 11) is -4.38. The third-order valence-corrected chi connectivity index (χ3v) is 8.67. The standard InChI is InChI=1S/C39H70NO8P/c1-3-5-7-9-11-13-15-17-18-20-21-23-25-27-29-31-38(41)45-35-37(36-47-49(43,44)46-34-33-40)48-39(42)32-30-28-26-24-22-19-16-14-12-10-8-6-4-2/h11,13,17-19,21-23,37H,3-10,12,14-16,20,24-36,40H2,1-2H3,(H,43,44)/b13-11+,18-17+,22-19+,23-21+/t37-/m1/s1. The second kappa shape index (κ2) is 35.8. The van der Waals surface area contributed by atoms with Gasteiger partial charge in [-0.25, -0.2) is 4.57 Å². The van der Waals surface area contributed by atoms with Gasteiger partial charge in [0.05, 0.1) is 13.2 Å². The molecule has 0 radical (unpaired) electrons. The molecule has 0 saturated carbocycles. The first kappa shape index (κ1) is 47.0. The van der Waals surface area contributed by atoms with Crippen LogP contribution in [0.3, 0.4) is 0 Å². The van der Waals surface area contributed by atoms with E-state index in [1.807, 2.05) is 0 Å². The summed E-state index contributed by atoms with van der Waals surface area (Å²) < 4.78 is 32.6. The van der Waals surface area contributed by atoms with Crippen LogP contribution in [0.15, 0.2) is 48.6 Å². The lowest BCUT2D eigenvalue weighted by atomic mass is 10.1. The molecule has 1 unspecified atom stereocenters. The Morgan fingerprint density at radius 3 is 1.67 bits per heavy atom. The first-order valence-corrected chi connectivity index (χ1v) is 20.6. The summed E-state index contributed by atoms with van der Waals surface area (Å²) in [4.78, 5) is 34.7. The minimum atomic E-state index is -4.38. The molecule has 49 heavy (non-hydrogen) atoms. The number of ether oxygens (including phenoxy) is 2. The van der Waals surface area contributed by atoms with E-state index < -0.39 is 32.5 Å². The Morgan fingerprint density at radius 1 is 0.612 bits per heavy atom. The highest BCUT2D eigenvalue weighted by Gasteiger charge is 2.25. The van der Waals surface area contributed by atoms with Crippen molar-refractivity contribution in [3.05, 3.63) is 48.6 Å². The molecule has 0 aromatic rings. The fourth-order valence-corrected chi connectivity index (χ4v) is 5.57. The van der Waals surface area contributed by atoms with Crippen molar-refractivity contribution in [2.75, 3.05) is 26.4 Å². The number of esters is 2. The lowest BCUT2D eigenvalue weighted by Crippen LogP contribution is -2.29. The van der Waals surface area contributed by atoms with E-state index in [0.717, 1.165) is 57.8 Å². The van der Waals surface area contributed by atoms with Crippen molar-refractivity contribution in [2.24, 2.45) is 5.73 Å². The molecule has 0 aromatic carbocycles. The van der Waals surface area contributed by atoms with E-state index in [4.69, 9.17) is 24.3 Å². The highest BCUT2D eigenvalue weighted by molar-refractivity contribution is 7.47. The van der Waals surface area contributed by atoms with Crippen LogP contribution < -0.4 is 5.73 Å². The van der Waals surface area contributed by atoms with Crippen LogP contribution in [0.2, 0.25) is 0 Å². The van der Waals surface area contributed by atoms with E-state index >= 15 is 0 Å². The number of nitrogens with two attached hydrogens (primary N) is 1. The molecule has 0 rings (SSSR count). The van der Waals surface area contributed by atoms with Gasteiger partial charge in [0.15, 0.2) is 6.10 Å². The highest BCUT2D eigenvalue weighted by Crippen LogP contribution is 2.43. The summed E-state index contributed by atoms with van der Waals surface area (Å²) in [5.74, 6) is -0.897. The lowest BCUT2D eigenvalue weighted by molar-refractivity contribution is -0.161. The van der Waals surface area contributed by atoms with Crippen molar-refractivity contribution >= 4 is 19.8 Å². The molecule has 0 spiro atoms. The molecule has 2 atom stereocenters. The number of allylic oxidation sites excluding steroid dienone is 8. The van der Waals surface area contributed by atoms with Crippen molar-refractivity contribution in [3.8, 4) is 0 Å². The number of unbranched alkanes of at least 4 members (excludes halogenated alkanes) is 14. The Bertz CT molecular complexity index is 949. The molecular weight excluding hydrogens is 641 g/mol. The van der Waals surface area contributed by atoms with Gasteiger partial charge in [0.2, 0.25) is 0 Å². The van der Waals surface area contributed by atoms with Crippen LogP contribution in [-0.2, 0) is 32.7 Å². The Balaban J connectivity index is 4.33. The van der Waals surface area contributed by atoms with Crippen molar-refractivity contribution in [1.82, 2.24) is 0 Å². The zero-order valence-corrected chi connectivity index (χ0v) is 31.8. The predicted octanol–water partition coefficient (Wildman–Crippen LogP) is 10.4. The first-order valence-electron chi connectivity index (χ1n) is 19.1. The summed E-state index contributed by atoms with van der Waals surface area (Å²) in [6.45, 7) is 3.61. The van der Waals surface area contributed by atoms with Crippen molar-refractivity contribution in [1.29, 1.82) is 0 Å². The van der Waals surface area contributed by atoms with Crippen LogP contribution in [0, 0.1) is 0 Å². The Labute approximate surface area is 298 Å². The van der Waals surface area contributed by atoms with Crippen molar-refractivity contribution in [3.63, 3.8) is 0 Å². The molecule has 0 aromatic heterocycles. The van der Waals surface area contributed by atoms with Gasteiger partial charge in [-0.3, -0.25) is 18.6 Å². The summed E-state index contributed by atoms with van der Waals surface area (Å²) >= 11 is 0. The van der Waals surface area contributed by atoms with Crippen molar-refractivity contribution < 1.29 is 37.6 Å². The van der Waals surface area contributed by atoms with Gasteiger partial charge >= 0.3 is 19.8 Å². The molecule has 0 aliphatic rings. The van der Waals surface area contributed by atoms with Crippen molar-refractivity contribution in [2.45, 2.75) is 161 Å². The van der Waals surface area contributed by atoms with E-state index in [0.29, 0.717) is 12.8 Å². The van der Waals surface area contributed by atoms with E-state index in [1.54, 1.807) is 0 Å². The number of rotatable bonds is 35. The van der Waals surface area contributed by atoms with Gasteiger partial charge in [0, 0.05) is 19.4 Å². The van der Waals surface area contributed by atoms with Crippen LogP contribution in [0.25, 0.3) is 0 Å². The van der Waals surface area contributed by atoms with Gasteiger partial charge in [-0.05, 0) is 77.0 Å². The average molecular weight is 712 g/mol. The molecule has 284 valence electrons. The smallest absolute Gasteiger partial charge is 0.462 e. The Hall–Kier alpha value is -2.03. The maximum Gasteiger partial charge on any atom is 0.472 e. The number of carbonyl (C=O) groups is 2. The molecule has 0 amide bonds. The Kier molecular flexibility index (Phi) is 34.3. The number of phosphoric ester groups is 1. The minimum absolute atomic E-state index is 0.0445. The molecule has 0 bridgehead atoms. The van der Waals surface area contributed by atoms with E-state index in [2.05, 4.69) is 62.5 Å². The molecule has 9 nitrogen and oxygen atoms in total. The van der Waals surface area contributed by atoms with E-state index in [9.17, 15) is 19.0 Å². The fraction of sp³-hybridized carbons (Fsp3) is 0.744. The first-order chi connectivity index (χ1) is 23.8. The van der Waals surface area contributed by atoms with Crippen LogP contribution in [0.4, 0.5) is 0 Å². The Morgan fingerprint density at radius 2 is 1.06 bits per heavy atom. The van der Waals surface area contributed by atoms with Gasteiger partial charge in [-0.1, -0.05) is 114 Å². The molecule has 3 N–H and O–H groups in total. The quantitative estimate of drug-likeness (QED) is 0.0285. The third-order valence-electron chi connectivity index (χ3n) is 7.69. The van der Waals surface area contributed by atoms with Gasteiger partial charge < -0.3 is 20.1 Å². The summed E-state index contributed by atoms with van der Waals surface area (Å²) in [6.07, 6.45) is 38.6. The minimum Gasteiger partial charge on any atom is -0.462 e. The fourth-order valence-electron chi connectivity index (χ4n) is 4.81. The van der Waals surface area contributed by atoms with Crippen LogP contribution in [0.1, 0.15) is 155 Å². The van der Waals surface area contributed by atoms with Gasteiger partial charge in [-0.2, -0.15) is 0 Å². The number of carbonyl (C=O) groups excluding carboxylic acids is 2. The van der Waals surface area contributed by atoms with Crippen LogP contribution in [-0.4, -0.2) is 49.3 Å². The number of phosphoric acid groups is 1. The SMILES string of the molecule is CCCCC/C=C/C/C=C/C/C=C/CCCCC(=O)OC[C@H](COP(=O)(O)OCCN)OC(=O)CCCCC/C=C/CCCCCCCC. The molecule has 0 aliphatic heterocycles. The molecular formula is C39H70NO8P. The van der Waals surface area contributed by atoms with E-state index in [1.165, 1.54) is 57.8 Å². The second-order valence-corrected chi connectivity index (χ2v) is 13.9. The summed E-state index contributed by atoms with van der Waals surface area (Å²) in [5.41, 5.74) is 5.32. The van der Waals surface area contributed by atoms with Gasteiger partial charge in [0.1, 0.15) is 6.61 Å². The van der Waals surface area contributed by atoms with Gasteiger partial charge in [0.25, 0.3) is 0 Å². The number of hydrogen-bond acceptors (Lipinski definition) is 8. The zero-order valence-electron chi connectivity index (χ0n) is 30.9. The lowest BCUT2D eigenvalue weighted by Gasteiger charge is -2.19. The molecule has 0 aliphatic carbocycles. The molecule has 0 fully saturated rings.